The van der Waals surface area contributed by atoms with E-state index in [4.69, 9.17) is 10.8 Å². The van der Waals surface area contributed by atoms with Crippen LogP contribution in [0.3, 0.4) is 0 Å². The molecule has 4 rings (SSSR count). The Morgan fingerprint density at radius 1 is 0.753 bits per heavy atom. The Kier molecular flexibility index (Phi) is 26.5. The highest BCUT2D eigenvalue weighted by Crippen LogP contribution is 2.41. The molecule has 0 bridgehead atoms. The molecule has 81 heavy (non-hydrogen) atoms. The summed E-state index contributed by atoms with van der Waals surface area (Å²) < 4.78 is 32.0. The van der Waals surface area contributed by atoms with E-state index in [-0.39, 0.29) is 97.0 Å². The number of unbranched alkanes of at least 4 members (excludes halogenated alkanes) is 2. The van der Waals surface area contributed by atoms with Crippen LogP contribution in [0.15, 0.2) is 72.9 Å². The molecule has 0 radical (unpaired) electrons. The SMILES string of the molecule is CC(C)C(NC(=O)CCCCCN1C(=O)C=CC1=O)C(=O)N[C@@H](C)C(=O)NCCCN(C(=O)CSCCC(=O)N[C@H](CNC(=O)CSC[C@H](N)C(=O)O)C(=O)O)[C@@H](c1cc(-c2cc(F)ccc2F)cn1Cc1ccccc1)C(C)(C)C. The Morgan fingerprint density at radius 2 is 1.43 bits per heavy atom. The van der Waals surface area contributed by atoms with E-state index in [0.29, 0.717) is 37.1 Å². The van der Waals surface area contributed by atoms with Crippen molar-refractivity contribution < 1.29 is 66.9 Å². The molecule has 25 heteroatoms. The van der Waals surface area contributed by atoms with Gasteiger partial charge in [-0.1, -0.05) is 71.4 Å². The molecule has 2 heterocycles. The van der Waals surface area contributed by atoms with Gasteiger partial charge in [-0.15, -0.1) is 11.8 Å². The number of aliphatic carboxylic acids is 2. The molecule has 1 aliphatic heterocycles. The fourth-order valence-corrected chi connectivity index (χ4v) is 10.3. The van der Waals surface area contributed by atoms with E-state index < -0.39 is 89.4 Å². The third kappa shape index (κ3) is 21.7. The van der Waals surface area contributed by atoms with Gasteiger partial charge in [0.05, 0.1) is 17.5 Å². The van der Waals surface area contributed by atoms with Crippen molar-refractivity contribution in [1.82, 2.24) is 41.0 Å². The third-order valence-corrected chi connectivity index (χ3v) is 14.9. The fraction of sp³-hybridized carbons (Fsp3) is 0.500. The lowest BCUT2D eigenvalue weighted by Crippen LogP contribution is -2.54. The van der Waals surface area contributed by atoms with Crippen molar-refractivity contribution in [1.29, 1.82) is 0 Å². The van der Waals surface area contributed by atoms with Gasteiger partial charge in [-0.2, -0.15) is 11.8 Å². The van der Waals surface area contributed by atoms with Crippen molar-refractivity contribution in [2.75, 3.05) is 49.2 Å². The summed E-state index contributed by atoms with van der Waals surface area (Å²) in [4.78, 5) is 129. The molecule has 9 N–H and O–H groups in total. The number of carboxylic acid groups (broad SMARTS) is 2. The Morgan fingerprint density at radius 3 is 2.07 bits per heavy atom. The van der Waals surface area contributed by atoms with E-state index in [1.54, 1.807) is 31.0 Å². The van der Waals surface area contributed by atoms with E-state index in [0.717, 1.165) is 52.2 Å². The number of nitrogens with zero attached hydrogens (tertiary/aromatic N) is 3. The van der Waals surface area contributed by atoms with Gasteiger partial charge < -0.3 is 52.0 Å². The second-order valence-corrected chi connectivity index (χ2v) is 23.0. The first-order chi connectivity index (χ1) is 38.3. The number of imide groups is 1. The number of aromatic nitrogens is 1. The van der Waals surface area contributed by atoms with Gasteiger partial charge in [0.2, 0.25) is 35.4 Å². The minimum atomic E-state index is -1.49. The van der Waals surface area contributed by atoms with Crippen LogP contribution in [0.25, 0.3) is 11.1 Å². The van der Waals surface area contributed by atoms with Crippen LogP contribution in [0.5, 0.6) is 0 Å². The molecule has 0 saturated carbocycles. The molecule has 1 aliphatic rings. The van der Waals surface area contributed by atoms with E-state index >= 15 is 4.39 Å². The lowest BCUT2D eigenvalue weighted by molar-refractivity contribution is -0.142. The normalized spacial score (nSPS) is 14.2. The van der Waals surface area contributed by atoms with Crippen LogP contribution in [0.2, 0.25) is 0 Å². The number of rotatable bonds is 34. The fourth-order valence-electron chi connectivity index (χ4n) is 8.65. The Labute approximate surface area is 478 Å². The highest BCUT2D eigenvalue weighted by atomic mass is 32.2. The molecule has 1 unspecified atom stereocenters. The lowest BCUT2D eigenvalue weighted by atomic mass is 9.83. The average molecular weight is 1170 g/mol. The number of nitrogens with one attached hydrogen (secondary N) is 5. The summed E-state index contributed by atoms with van der Waals surface area (Å²) in [5.74, 6) is -8.51. The summed E-state index contributed by atoms with van der Waals surface area (Å²) in [7, 11) is 0. The number of carbonyl (C=O) groups is 10. The lowest BCUT2D eigenvalue weighted by Gasteiger charge is -2.41. The molecule has 5 atom stereocenters. The highest BCUT2D eigenvalue weighted by Gasteiger charge is 2.37. The van der Waals surface area contributed by atoms with Crippen LogP contribution >= 0.6 is 23.5 Å². The zero-order valence-electron chi connectivity index (χ0n) is 46.5. The number of hydrogen-bond acceptors (Lipinski definition) is 13. The van der Waals surface area contributed by atoms with Crippen LogP contribution in [-0.4, -0.2) is 157 Å². The number of carbonyl (C=O) groups excluding carboxylic acids is 8. The summed E-state index contributed by atoms with van der Waals surface area (Å²) in [6.45, 7) is 10.9. The van der Waals surface area contributed by atoms with Crippen LogP contribution in [0.1, 0.15) is 97.4 Å². The van der Waals surface area contributed by atoms with Gasteiger partial charge >= 0.3 is 11.9 Å². The quantitative estimate of drug-likeness (QED) is 0.0310. The summed E-state index contributed by atoms with van der Waals surface area (Å²) in [5.41, 5.74) is 6.57. The Balaban J connectivity index is 1.46. The molecular weight excluding hydrogens is 1090 g/mol. The number of carboxylic acids is 2. The number of halogens is 2. The van der Waals surface area contributed by atoms with Gasteiger partial charge in [-0.3, -0.25) is 48.1 Å². The van der Waals surface area contributed by atoms with Crippen molar-refractivity contribution >= 4 is 82.7 Å². The largest absolute Gasteiger partial charge is 0.480 e. The van der Waals surface area contributed by atoms with E-state index in [9.17, 15) is 57.4 Å². The third-order valence-electron chi connectivity index (χ3n) is 12.9. The summed E-state index contributed by atoms with van der Waals surface area (Å²) >= 11 is 2.05. The smallest absolute Gasteiger partial charge is 0.328 e. The predicted molar refractivity (Wildman–Crippen MR) is 303 cm³/mol. The van der Waals surface area contributed by atoms with Crippen molar-refractivity contribution in [3.8, 4) is 11.1 Å². The van der Waals surface area contributed by atoms with E-state index in [1.807, 2.05) is 55.7 Å². The van der Waals surface area contributed by atoms with Crippen LogP contribution in [0, 0.1) is 23.0 Å². The second kappa shape index (κ2) is 32.4. The van der Waals surface area contributed by atoms with Gasteiger partial charge in [-0.25, -0.2) is 13.6 Å². The molecule has 3 aromatic rings. The molecule has 442 valence electrons. The van der Waals surface area contributed by atoms with Crippen LogP contribution in [-0.2, 0) is 54.5 Å². The number of nitrogens with two attached hydrogens (primary N) is 1. The zero-order valence-corrected chi connectivity index (χ0v) is 48.1. The molecule has 0 saturated heterocycles. The summed E-state index contributed by atoms with van der Waals surface area (Å²) in [6, 6.07) is 8.88. The van der Waals surface area contributed by atoms with Gasteiger partial charge in [0.25, 0.3) is 11.8 Å². The number of amides is 8. The first-order valence-electron chi connectivity index (χ1n) is 26.6. The summed E-state index contributed by atoms with van der Waals surface area (Å²) in [6.07, 6.45) is 5.75. The molecule has 8 amide bonds. The second-order valence-electron chi connectivity index (χ2n) is 20.9. The van der Waals surface area contributed by atoms with Gasteiger partial charge in [0.15, 0.2) is 0 Å². The summed E-state index contributed by atoms with van der Waals surface area (Å²) in [5, 5.41) is 31.7. The maximum absolute atomic E-state index is 15.4. The van der Waals surface area contributed by atoms with E-state index in [2.05, 4.69) is 26.6 Å². The van der Waals surface area contributed by atoms with Crippen LogP contribution in [0.4, 0.5) is 8.78 Å². The van der Waals surface area contributed by atoms with E-state index in [1.165, 1.54) is 19.1 Å². The van der Waals surface area contributed by atoms with Crippen molar-refractivity contribution in [2.24, 2.45) is 17.1 Å². The van der Waals surface area contributed by atoms with Crippen molar-refractivity contribution in [3.05, 3.63) is 95.8 Å². The van der Waals surface area contributed by atoms with Gasteiger partial charge in [0.1, 0.15) is 35.8 Å². The zero-order chi connectivity index (χ0) is 60.0. The van der Waals surface area contributed by atoms with Gasteiger partial charge in [0, 0.05) is 92.2 Å². The minimum absolute atomic E-state index is 0.0102. The maximum atomic E-state index is 15.4. The first kappa shape index (κ1) is 66.4. The Hall–Kier alpha value is -7.12. The standard InChI is InChI=1S/C56H75F2N9O12S2/c1-34(2)50(64-44(68)16-11-8-12-23-66-47(71)19-20-48(66)72)53(75)62-35(3)52(74)60-22-13-24-67(49(73)33-80-25-21-45(69)63-42(55(78)79)28-61-46(70)32-81-31-41(59)54(76)77)51(56(4,5)6)43-26-37(39-27-38(57)17-18-40(39)58)30-65(43)29-36-14-9-7-10-15-36/h7,9-10,14-15,17-20,26-27,30,34-35,41-42,50-51H,8,11-13,16,21-25,28-29,31-33,59H2,1-6H3,(H,60,74)(H,61,70)(H,62,75)(H,63,69)(H,64,68)(H,76,77)(H,78,79)/t35-,41-,42+,50?,51-/m0/s1. The van der Waals surface area contributed by atoms with Crippen LogP contribution < -0.4 is 32.3 Å². The number of hydrogen-bond donors (Lipinski definition) is 8. The Bertz CT molecular complexity index is 2720. The molecule has 0 fully saturated rings. The molecular formula is C56H75F2N9O12S2. The topological polar surface area (TPSA) is 309 Å². The van der Waals surface area contributed by atoms with Crippen molar-refractivity contribution in [2.45, 2.75) is 117 Å². The van der Waals surface area contributed by atoms with Gasteiger partial charge in [-0.05, 0) is 67.3 Å². The predicted octanol–water partition coefficient (Wildman–Crippen LogP) is 3.99. The molecule has 2 aromatic carbocycles. The number of benzene rings is 2. The minimum Gasteiger partial charge on any atom is -0.480 e. The highest BCUT2D eigenvalue weighted by molar-refractivity contribution is 8.00. The van der Waals surface area contributed by atoms with Crippen molar-refractivity contribution in [3.63, 3.8) is 0 Å². The monoisotopic (exact) mass is 1170 g/mol. The number of thioether (sulfide) groups is 2. The molecule has 21 nitrogen and oxygen atoms in total. The first-order valence-corrected chi connectivity index (χ1v) is 28.9. The maximum Gasteiger partial charge on any atom is 0.328 e. The molecule has 0 spiro atoms. The molecule has 0 aliphatic carbocycles. The molecule has 1 aromatic heterocycles. The average Bonchev–Trinajstić information content (AvgIpc) is 4.00.